The summed E-state index contributed by atoms with van der Waals surface area (Å²) in [5.41, 5.74) is 4.21. The fourth-order valence-corrected chi connectivity index (χ4v) is 2.52. The molecule has 2 aromatic carbocycles. The van der Waals surface area contributed by atoms with Crippen LogP contribution < -0.4 is 10.1 Å². The molecule has 0 aliphatic carbocycles. The maximum Gasteiger partial charge on any atom is 0.262 e. The van der Waals surface area contributed by atoms with Crippen LogP contribution in [0.25, 0.3) is 0 Å². The van der Waals surface area contributed by atoms with Crippen molar-refractivity contribution >= 4 is 11.6 Å². The van der Waals surface area contributed by atoms with Crippen LogP contribution in [0.4, 0.5) is 5.69 Å². The Bertz CT molecular complexity index is 679. The predicted molar refractivity (Wildman–Crippen MR) is 95.2 cm³/mol. The minimum atomic E-state index is -0.143. The Kier molecular flexibility index (Phi) is 5.80. The zero-order valence-corrected chi connectivity index (χ0v) is 14.3. The molecule has 0 aromatic heterocycles. The molecule has 0 saturated carbocycles. The molecule has 0 bridgehead atoms. The summed E-state index contributed by atoms with van der Waals surface area (Å²) in [7, 11) is 0. The van der Waals surface area contributed by atoms with Crippen molar-refractivity contribution in [2.24, 2.45) is 0 Å². The molecule has 0 saturated heterocycles. The van der Waals surface area contributed by atoms with Crippen molar-refractivity contribution in [2.45, 2.75) is 40.0 Å². The van der Waals surface area contributed by atoms with E-state index >= 15 is 0 Å². The van der Waals surface area contributed by atoms with Crippen LogP contribution in [0.2, 0.25) is 0 Å². The number of anilines is 1. The molecule has 1 amide bonds. The van der Waals surface area contributed by atoms with E-state index in [0.717, 1.165) is 29.0 Å². The van der Waals surface area contributed by atoms with E-state index in [0.29, 0.717) is 5.92 Å². The van der Waals surface area contributed by atoms with Gasteiger partial charge >= 0.3 is 0 Å². The first-order valence-electron chi connectivity index (χ1n) is 8.10. The molecule has 0 heterocycles. The van der Waals surface area contributed by atoms with Crippen LogP contribution in [0.1, 0.15) is 42.9 Å². The topological polar surface area (TPSA) is 38.3 Å². The Balaban J connectivity index is 2.00. The molecule has 0 spiro atoms. The van der Waals surface area contributed by atoms with Crippen LogP contribution in [-0.2, 0) is 4.79 Å². The zero-order chi connectivity index (χ0) is 16.8. The second-order valence-corrected chi connectivity index (χ2v) is 6.00. The Morgan fingerprint density at radius 1 is 1.17 bits per heavy atom. The molecule has 0 aliphatic rings. The molecule has 0 aliphatic heterocycles. The lowest BCUT2D eigenvalue weighted by Crippen LogP contribution is -2.21. The van der Waals surface area contributed by atoms with Crippen LogP contribution in [0, 0.1) is 13.8 Å². The highest BCUT2D eigenvalue weighted by molar-refractivity contribution is 5.92. The van der Waals surface area contributed by atoms with Gasteiger partial charge in [0, 0.05) is 5.69 Å². The third kappa shape index (κ3) is 4.59. The van der Waals surface area contributed by atoms with Gasteiger partial charge < -0.3 is 10.1 Å². The lowest BCUT2D eigenvalue weighted by atomic mass is 9.98. The van der Waals surface area contributed by atoms with Crippen LogP contribution in [-0.4, -0.2) is 12.5 Å². The molecule has 0 fully saturated rings. The average Bonchev–Trinajstić information content (AvgIpc) is 2.55. The summed E-state index contributed by atoms with van der Waals surface area (Å²) in [6.07, 6.45) is 1.04. The average molecular weight is 311 g/mol. The SMILES string of the molecule is CCC(C)c1ccccc1OCC(=O)Nc1ccc(C)cc1C. The van der Waals surface area contributed by atoms with E-state index in [-0.39, 0.29) is 12.5 Å². The van der Waals surface area contributed by atoms with Gasteiger partial charge in [0.05, 0.1) is 0 Å². The smallest absolute Gasteiger partial charge is 0.262 e. The summed E-state index contributed by atoms with van der Waals surface area (Å²) in [6, 6.07) is 13.9. The van der Waals surface area contributed by atoms with E-state index in [1.54, 1.807) is 0 Å². The second kappa shape index (κ2) is 7.82. The van der Waals surface area contributed by atoms with E-state index in [9.17, 15) is 4.79 Å². The first kappa shape index (κ1) is 17.1. The summed E-state index contributed by atoms with van der Waals surface area (Å²) in [5, 5.41) is 2.91. The molecular weight excluding hydrogens is 286 g/mol. The normalized spacial score (nSPS) is 11.8. The van der Waals surface area contributed by atoms with E-state index in [1.165, 1.54) is 5.56 Å². The Morgan fingerprint density at radius 3 is 2.61 bits per heavy atom. The Morgan fingerprint density at radius 2 is 1.91 bits per heavy atom. The number of ether oxygens (including phenoxy) is 1. The maximum absolute atomic E-state index is 12.1. The van der Waals surface area contributed by atoms with Crippen molar-refractivity contribution in [2.75, 3.05) is 11.9 Å². The number of carbonyl (C=O) groups is 1. The van der Waals surface area contributed by atoms with E-state index in [4.69, 9.17) is 4.74 Å². The van der Waals surface area contributed by atoms with Gasteiger partial charge in [0.1, 0.15) is 5.75 Å². The second-order valence-electron chi connectivity index (χ2n) is 6.00. The largest absolute Gasteiger partial charge is 0.483 e. The molecule has 0 radical (unpaired) electrons. The van der Waals surface area contributed by atoms with Crippen molar-refractivity contribution in [3.8, 4) is 5.75 Å². The highest BCUT2D eigenvalue weighted by Crippen LogP contribution is 2.28. The number of hydrogen-bond acceptors (Lipinski definition) is 2. The molecular formula is C20H25NO2. The number of benzene rings is 2. The van der Waals surface area contributed by atoms with Crippen molar-refractivity contribution in [3.05, 3.63) is 59.2 Å². The Labute approximate surface area is 138 Å². The van der Waals surface area contributed by atoms with E-state index in [1.807, 2.05) is 44.2 Å². The van der Waals surface area contributed by atoms with Gasteiger partial charge in [-0.2, -0.15) is 0 Å². The summed E-state index contributed by atoms with van der Waals surface area (Å²) in [5.74, 6) is 1.06. The molecule has 3 heteroatoms. The zero-order valence-electron chi connectivity index (χ0n) is 14.3. The molecule has 2 rings (SSSR count). The number of aryl methyl sites for hydroxylation is 2. The fourth-order valence-electron chi connectivity index (χ4n) is 2.52. The number of hydrogen-bond donors (Lipinski definition) is 1. The van der Waals surface area contributed by atoms with Crippen LogP contribution in [0.5, 0.6) is 5.75 Å². The molecule has 23 heavy (non-hydrogen) atoms. The van der Waals surface area contributed by atoms with Gasteiger partial charge in [0.25, 0.3) is 5.91 Å². The van der Waals surface area contributed by atoms with Gasteiger partial charge in [-0.05, 0) is 49.4 Å². The molecule has 2 aromatic rings. The molecule has 1 N–H and O–H groups in total. The van der Waals surface area contributed by atoms with Gasteiger partial charge in [0.15, 0.2) is 6.61 Å². The standard InChI is InChI=1S/C20H25NO2/c1-5-15(3)17-8-6-7-9-19(17)23-13-20(22)21-18-11-10-14(2)12-16(18)4/h6-12,15H,5,13H2,1-4H3,(H,21,22). The highest BCUT2D eigenvalue weighted by Gasteiger charge is 2.11. The first-order valence-corrected chi connectivity index (χ1v) is 8.10. The van der Waals surface area contributed by atoms with Gasteiger partial charge in [0.2, 0.25) is 0 Å². The summed E-state index contributed by atoms with van der Waals surface area (Å²) in [4.78, 5) is 12.1. The number of carbonyl (C=O) groups excluding carboxylic acids is 1. The van der Waals surface area contributed by atoms with Crippen molar-refractivity contribution in [1.82, 2.24) is 0 Å². The van der Waals surface area contributed by atoms with Crippen LogP contribution in [0.15, 0.2) is 42.5 Å². The summed E-state index contributed by atoms with van der Waals surface area (Å²) < 4.78 is 5.75. The van der Waals surface area contributed by atoms with Crippen molar-refractivity contribution < 1.29 is 9.53 Å². The van der Waals surface area contributed by atoms with Crippen molar-refractivity contribution in [1.29, 1.82) is 0 Å². The third-order valence-electron chi connectivity index (χ3n) is 4.08. The van der Waals surface area contributed by atoms with Gasteiger partial charge in [-0.1, -0.05) is 49.7 Å². The molecule has 122 valence electrons. The number of amides is 1. The number of para-hydroxylation sites is 1. The van der Waals surface area contributed by atoms with E-state index in [2.05, 4.69) is 31.3 Å². The first-order chi connectivity index (χ1) is 11.0. The minimum Gasteiger partial charge on any atom is -0.483 e. The van der Waals surface area contributed by atoms with Gasteiger partial charge in [-0.25, -0.2) is 0 Å². The fraction of sp³-hybridized carbons (Fsp3) is 0.350. The van der Waals surface area contributed by atoms with Crippen molar-refractivity contribution in [3.63, 3.8) is 0 Å². The van der Waals surface area contributed by atoms with Gasteiger partial charge in [-0.3, -0.25) is 4.79 Å². The third-order valence-corrected chi connectivity index (χ3v) is 4.08. The lowest BCUT2D eigenvalue weighted by Gasteiger charge is -2.16. The summed E-state index contributed by atoms with van der Waals surface area (Å²) in [6.45, 7) is 8.35. The Hall–Kier alpha value is -2.29. The molecule has 1 unspecified atom stereocenters. The predicted octanol–water partition coefficient (Wildman–Crippen LogP) is 4.83. The quantitative estimate of drug-likeness (QED) is 0.829. The molecule has 3 nitrogen and oxygen atoms in total. The minimum absolute atomic E-state index is 0.0146. The van der Waals surface area contributed by atoms with Gasteiger partial charge in [-0.15, -0.1) is 0 Å². The van der Waals surface area contributed by atoms with Crippen LogP contribution >= 0.6 is 0 Å². The summed E-state index contributed by atoms with van der Waals surface area (Å²) >= 11 is 0. The molecule has 1 atom stereocenters. The van der Waals surface area contributed by atoms with E-state index < -0.39 is 0 Å². The van der Waals surface area contributed by atoms with Crippen LogP contribution in [0.3, 0.4) is 0 Å². The monoisotopic (exact) mass is 311 g/mol. The lowest BCUT2D eigenvalue weighted by molar-refractivity contribution is -0.118. The highest BCUT2D eigenvalue weighted by atomic mass is 16.5. The maximum atomic E-state index is 12.1. The number of nitrogens with one attached hydrogen (secondary N) is 1. The number of rotatable bonds is 6.